The Hall–Kier alpha value is -0.610. The summed E-state index contributed by atoms with van der Waals surface area (Å²) in [7, 11) is 4.59. The van der Waals surface area contributed by atoms with Crippen molar-refractivity contribution in [3.05, 3.63) is 0 Å². The minimum absolute atomic E-state index is 0.272. The van der Waals surface area contributed by atoms with Crippen molar-refractivity contribution < 1.29 is 9.53 Å². The van der Waals surface area contributed by atoms with Crippen LogP contribution < -0.4 is 0 Å². The third-order valence-electron chi connectivity index (χ3n) is 8.09. The first-order valence-electron chi connectivity index (χ1n) is 10.6. The van der Waals surface area contributed by atoms with Crippen LogP contribution in [0, 0.1) is 17.3 Å². The molecule has 2 aliphatic carbocycles. The summed E-state index contributed by atoms with van der Waals surface area (Å²) in [6.45, 7) is 3.67. The quantitative estimate of drug-likeness (QED) is 0.781. The van der Waals surface area contributed by atoms with Crippen molar-refractivity contribution in [1.82, 2.24) is 9.80 Å². The van der Waals surface area contributed by atoms with Crippen LogP contribution in [0.2, 0.25) is 0 Å². The van der Waals surface area contributed by atoms with Crippen LogP contribution in [0.15, 0.2) is 0 Å². The van der Waals surface area contributed by atoms with Gasteiger partial charge in [0.2, 0.25) is 5.91 Å². The first-order valence-corrected chi connectivity index (χ1v) is 10.6. The van der Waals surface area contributed by atoms with E-state index in [1.165, 1.54) is 51.4 Å². The van der Waals surface area contributed by atoms with Crippen LogP contribution in [-0.4, -0.2) is 61.6 Å². The van der Waals surface area contributed by atoms with Crippen LogP contribution >= 0.6 is 0 Å². The van der Waals surface area contributed by atoms with Crippen molar-refractivity contribution in [2.75, 3.05) is 40.4 Å². The number of ether oxygens (including phenoxy) is 1. The Morgan fingerprint density at radius 3 is 2.44 bits per heavy atom. The van der Waals surface area contributed by atoms with Crippen LogP contribution in [-0.2, 0) is 9.53 Å². The molecule has 1 amide bonds. The van der Waals surface area contributed by atoms with E-state index in [0.717, 1.165) is 45.1 Å². The Balaban J connectivity index is 1.41. The lowest BCUT2D eigenvalue weighted by Gasteiger charge is -2.52. The normalized spacial score (nSPS) is 40.0. The molecular weight excluding hydrogens is 312 g/mol. The fourth-order valence-electron chi connectivity index (χ4n) is 6.42. The summed E-state index contributed by atoms with van der Waals surface area (Å²) in [6.07, 6.45) is 12.7. The van der Waals surface area contributed by atoms with Gasteiger partial charge in [-0.2, -0.15) is 0 Å². The minimum Gasteiger partial charge on any atom is -0.381 e. The summed E-state index contributed by atoms with van der Waals surface area (Å²) >= 11 is 0. The zero-order valence-electron chi connectivity index (χ0n) is 16.3. The van der Waals surface area contributed by atoms with Crippen molar-refractivity contribution >= 4 is 5.91 Å². The largest absolute Gasteiger partial charge is 0.381 e. The Kier molecular flexibility index (Phi) is 4.87. The number of nitrogens with zero attached hydrogens (tertiary/aromatic N) is 2. The van der Waals surface area contributed by atoms with Gasteiger partial charge in [0.05, 0.1) is 6.61 Å². The molecule has 0 aromatic carbocycles. The smallest absolute Gasteiger partial charge is 0.223 e. The average molecular weight is 349 g/mol. The van der Waals surface area contributed by atoms with E-state index < -0.39 is 0 Å². The fourth-order valence-corrected chi connectivity index (χ4v) is 6.42. The molecule has 0 unspecified atom stereocenters. The fraction of sp³-hybridized carbons (Fsp3) is 0.952. The maximum absolute atomic E-state index is 12.7. The lowest BCUT2D eigenvalue weighted by Crippen LogP contribution is -2.54. The topological polar surface area (TPSA) is 32.8 Å². The highest BCUT2D eigenvalue weighted by atomic mass is 16.5. The molecule has 4 nitrogen and oxygen atoms in total. The Bertz CT molecular complexity index is 484. The van der Waals surface area contributed by atoms with Crippen molar-refractivity contribution in [2.24, 2.45) is 17.3 Å². The predicted octanol–water partition coefficient (Wildman–Crippen LogP) is 3.31. The number of likely N-dealkylation sites (tertiary alicyclic amines) is 1. The molecule has 1 spiro atoms. The molecule has 25 heavy (non-hydrogen) atoms. The summed E-state index contributed by atoms with van der Waals surface area (Å²) in [4.78, 5) is 17.4. The van der Waals surface area contributed by atoms with Gasteiger partial charge < -0.3 is 14.5 Å². The van der Waals surface area contributed by atoms with E-state index in [9.17, 15) is 4.79 Å². The van der Waals surface area contributed by atoms with E-state index in [0.29, 0.717) is 17.4 Å². The number of amides is 1. The molecule has 2 saturated heterocycles. The van der Waals surface area contributed by atoms with Gasteiger partial charge in [-0.1, -0.05) is 12.8 Å². The van der Waals surface area contributed by atoms with Gasteiger partial charge in [0, 0.05) is 37.6 Å². The summed E-state index contributed by atoms with van der Waals surface area (Å²) < 4.78 is 5.51. The van der Waals surface area contributed by atoms with Crippen LogP contribution in [0.4, 0.5) is 0 Å². The minimum atomic E-state index is 0.272. The molecule has 0 aromatic heterocycles. The number of hydrogen-bond donors (Lipinski definition) is 0. The highest BCUT2D eigenvalue weighted by Gasteiger charge is 2.52. The second kappa shape index (κ2) is 6.84. The van der Waals surface area contributed by atoms with Gasteiger partial charge in [-0.05, 0) is 70.4 Å². The second-order valence-electron chi connectivity index (χ2n) is 9.66. The van der Waals surface area contributed by atoms with Gasteiger partial charge in [0.1, 0.15) is 0 Å². The third kappa shape index (κ3) is 3.25. The van der Waals surface area contributed by atoms with Crippen LogP contribution in [0.5, 0.6) is 0 Å². The molecule has 0 aromatic rings. The molecule has 0 N–H and O–H groups in total. The summed E-state index contributed by atoms with van der Waals surface area (Å²) in [5, 5.41) is 0. The first kappa shape index (κ1) is 17.8. The van der Waals surface area contributed by atoms with Crippen LogP contribution in [0.25, 0.3) is 0 Å². The number of carbonyl (C=O) groups is 1. The number of carbonyl (C=O) groups excluding carboxylic acids is 1. The van der Waals surface area contributed by atoms with Crippen molar-refractivity contribution in [1.29, 1.82) is 0 Å². The van der Waals surface area contributed by atoms with Crippen molar-refractivity contribution in [3.63, 3.8) is 0 Å². The Morgan fingerprint density at radius 1 is 1.12 bits per heavy atom. The number of rotatable bonds is 4. The monoisotopic (exact) mass is 348 g/mol. The third-order valence-corrected chi connectivity index (χ3v) is 8.09. The number of hydrogen-bond acceptors (Lipinski definition) is 3. The zero-order chi connectivity index (χ0) is 17.5. The molecule has 2 aliphatic heterocycles. The van der Waals surface area contributed by atoms with E-state index in [4.69, 9.17) is 4.74 Å². The Labute approximate surface area is 153 Å². The molecule has 4 fully saturated rings. The highest BCUT2D eigenvalue weighted by Crippen LogP contribution is 2.53. The summed E-state index contributed by atoms with van der Waals surface area (Å²) in [6, 6.07) is 0. The highest BCUT2D eigenvalue weighted by molar-refractivity contribution is 5.79. The first-order chi connectivity index (χ1) is 12.0. The van der Waals surface area contributed by atoms with Gasteiger partial charge in [-0.3, -0.25) is 4.79 Å². The van der Waals surface area contributed by atoms with Gasteiger partial charge in [0.15, 0.2) is 0 Å². The second-order valence-corrected chi connectivity index (χ2v) is 9.66. The molecule has 4 aliphatic rings. The van der Waals surface area contributed by atoms with E-state index in [-0.39, 0.29) is 5.41 Å². The van der Waals surface area contributed by atoms with E-state index in [2.05, 4.69) is 23.9 Å². The molecule has 0 bridgehead atoms. The SMILES string of the molecule is CN(C)C1(C2CCCC2)CCC2(CC1)CC(=O)N(C[C@@H]1CCOC1)C2. The van der Waals surface area contributed by atoms with Gasteiger partial charge in [0.25, 0.3) is 0 Å². The lowest BCUT2D eigenvalue weighted by atomic mass is 9.62. The molecular formula is C21H36N2O2. The molecule has 4 heteroatoms. The van der Waals surface area contributed by atoms with Crippen molar-refractivity contribution in [2.45, 2.75) is 69.7 Å². The van der Waals surface area contributed by atoms with E-state index in [1.54, 1.807) is 0 Å². The molecule has 142 valence electrons. The lowest BCUT2D eigenvalue weighted by molar-refractivity contribution is -0.128. The van der Waals surface area contributed by atoms with Gasteiger partial charge >= 0.3 is 0 Å². The van der Waals surface area contributed by atoms with E-state index >= 15 is 0 Å². The van der Waals surface area contributed by atoms with Crippen molar-refractivity contribution in [3.8, 4) is 0 Å². The van der Waals surface area contributed by atoms with E-state index in [1.807, 2.05) is 0 Å². The molecule has 4 rings (SSSR count). The Morgan fingerprint density at radius 2 is 1.84 bits per heavy atom. The molecule has 0 radical (unpaired) electrons. The maximum atomic E-state index is 12.7. The maximum Gasteiger partial charge on any atom is 0.223 e. The molecule has 2 saturated carbocycles. The summed E-state index contributed by atoms with van der Waals surface area (Å²) in [5.74, 6) is 1.86. The average Bonchev–Trinajstić information content (AvgIpc) is 3.32. The van der Waals surface area contributed by atoms with Crippen LogP contribution in [0.1, 0.15) is 64.2 Å². The molecule has 1 atom stereocenters. The molecule has 2 heterocycles. The summed E-state index contributed by atoms with van der Waals surface area (Å²) in [5.41, 5.74) is 0.673. The standard InChI is InChI=1S/C21H36N2O2/c1-22(2)21(18-5-3-4-6-18)10-8-20(9-11-21)13-19(24)23(16-20)14-17-7-12-25-15-17/h17-18H,3-16H2,1-2H3/t17-,20?,21?/m0/s1. The predicted molar refractivity (Wildman–Crippen MR) is 99.4 cm³/mol. The van der Waals surface area contributed by atoms with Crippen LogP contribution in [0.3, 0.4) is 0 Å². The zero-order valence-corrected chi connectivity index (χ0v) is 16.3. The van der Waals surface area contributed by atoms with Gasteiger partial charge in [-0.15, -0.1) is 0 Å². The van der Waals surface area contributed by atoms with Gasteiger partial charge in [-0.25, -0.2) is 0 Å².